The molecule has 3 nitrogen and oxygen atoms in total. The summed E-state index contributed by atoms with van der Waals surface area (Å²) in [5, 5.41) is 3.61. The molecule has 0 amide bonds. The van der Waals surface area contributed by atoms with Crippen LogP contribution in [0, 0.1) is 0 Å². The van der Waals surface area contributed by atoms with Crippen LogP contribution in [0.15, 0.2) is 48.8 Å². The summed E-state index contributed by atoms with van der Waals surface area (Å²) in [5.41, 5.74) is 2.49. The van der Waals surface area contributed by atoms with Gasteiger partial charge in [0.25, 0.3) is 0 Å². The van der Waals surface area contributed by atoms with Gasteiger partial charge >= 0.3 is 0 Å². The number of pyridine rings is 1. The Morgan fingerprint density at radius 1 is 1.15 bits per heavy atom. The lowest BCUT2D eigenvalue weighted by Gasteiger charge is -2.21. The number of nitrogens with one attached hydrogen (secondary N) is 1. The molecule has 0 aliphatic rings. The first-order valence-electron chi connectivity index (χ1n) is 7.10. The summed E-state index contributed by atoms with van der Waals surface area (Å²) >= 11 is 0. The highest BCUT2D eigenvalue weighted by molar-refractivity contribution is 5.36. The second-order valence-electron chi connectivity index (χ2n) is 4.81. The number of hydrogen-bond acceptors (Lipinski definition) is 3. The number of aromatic nitrogens is 1. The van der Waals surface area contributed by atoms with E-state index in [1.165, 1.54) is 11.1 Å². The molecule has 1 unspecified atom stereocenters. The van der Waals surface area contributed by atoms with Gasteiger partial charge in [-0.15, -0.1) is 0 Å². The van der Waals surface area contributed by atoms with E-state index in [0.717, 1.165) is 25.1 Å². The molecule has 1 aromatic carbocycles. The Kier molecular flexibility index (Phi) is 5.56. The van der Waals surface area contributed by atoms with E-state index in [1.54, 1.807) is 7.11 Å². The summed E-state index contributed by atoms with van der Waals surface area (Å²) < 4.78 is 5.49. The lowest BCUT2D eigenvalue weighted by atomic mass is 9.98. The smallest absolute Gasteiger partial charge is 0.123 e. The van der Waals surface area contributed by atoms with Gasteiger partial charge in [-0.3, -0.25) is 4.98 Å². The molecule has 0 aliphatic carbocycles. The van der Waals surface area contributed by atoms with E-state index in [9.17, 15) is 0 Å². The molecule has 20 heavy (non-hydrogen) atoms. The summed E-state index contributed by atoms with van der Waals surface area (Å²) in [6.45, 7) is 3.17. The minimum atomic E-state index is 0.258. The molecule has 0 fully saturated rings. The Balaban J connectivity index is 2.22. The number of nitrogens with zero attached hydrogens (tertiary/aromatic N) is 1. The maximum absolute atomic E-state index is 5.49. The van der Waals surface area contributed by atoms with Crippen molar-refractivity contribution in [1.29, 1.82) is 0 Å². The predicted octanol–water partition coefficient (Wildman–Crippen LogP) is 3.37. The van der Waals surface area contributed by atoms with Gasteiger partial charge in [0.05, 0.1) is 7.11 Å². The lowest BCUT2D eigenvalue weighted by Crippen LogP contribution is -2.24. The van der Waals surface area contributed by atoms with E-state index >= 15 is 0 Å². The molecular formula is C17H22N2O. The molecule has 2 aromatic rings. The second-order valence-corrected chi connectivity index (χ2v) is 4.81. The van der Waals surface area contributed by atoms with Crippen molar-refractivity contribution >= 4 is 0 Å². The molecule has 1 N–H and O–H groups in total. The molecule has 1 aromatic heterocycles. The quantitative estimate of drug-likeness (QED) is 0.837. The van der Waals surface area contributed by atoms with Gasteiger partial charge in [0, 0.05) is 24.0 Å². The first kappa shape index (κ1) is 14.5. The Bertz CT molecular complexity index is 513. The van der Waals surface area contributed by atoms with Gasteiger partial charge in [-0.2, -0.15) is 0 Å². The van der Waals surface area contributed by atoms with E-state index in [4.69, 9.17) is 4.74 Å². The zero-order valence-corrected chi connectivity index (χ0v) is 12.2. The van der Waals surface area contributed by atoms with Gasteiger partial charge in [0.15, 0.2) is 0 Å². The van der Waals surface area contributed by atoms with E-state index in [-0.39, 0.29) is 6.04 Å². The number of hydrogen-bond donors (Lipinski definition) is 1. The third kappa shape index (κ3) is 3.81. The third-order valence-corrected chi connectivity index (χ3v) is 3.34. The van der Waals surface area contributed by atoms with Crippen molar-refractivity contribution in [3.63, 3.8) is 0 Å². The largest absolute Gasteiger partial charge is 0.496 e. The van der Waals surface area contributed by atoms with Crippen LogP contribution < -0.4 is 10.1 Å². The van der Waals surface area contributed by atoms with Gasteiger partial charge in [0.2, 0.25) is 0 Å². The van der Waals surface area contributed by atoms with Crippen molar-refractivity contribution in [2.45, 2.75) is 25.8 Å². The van der Waals surface area contributed by atoms with Gasteiger partial charge in [-0.05, 0) is 43.1 Å². The normalized spacial score (nSPS) is 12.1. The highest BCUT2D eigenvalue weighted by Gasteiger charge is 2.15. The van der Waals surface area contributed by atoms with E-state index in [2.05, 4.69) is 41.5 Å². The van der Waals surface area contributed by atoms with Gasteiger partial charge in [-0.1, -0.05) is 25.1 Å². The molecule has 1 atom stereocenters. The lowest BCUT2D eigenvalue weighted by molar-refractivity contribution is 0.398. The molecule has 0 saturated carbocycles. The minimum Gasteiger partial charge on any atom is -0.496 e. The van der Waals surface area contributed by atoms with E-state index in [0.29, 0.717) is 0 Å². The van der Waals surface area contributed by atoms with Crippen LogP contribution in [0.5, 0.6) is 5.75 Å². The summed E-state index contributed by atoms with van der Waals surface area (Å²) in [6, 6.07) is 12.6. The zero-order chi connectivity index (χ0) is 14.2. The molecule has 0 bridgehead atoms. The summed E-state index contributed by atoms with van der Waals surface area (Å²) in [6.07, 6.45) is 5.73. The highest BCUT2D eigenvalue weighted by Crippen LogP contribution is 2.27. The van der Waals surface area contributed by atoms with Crippen LogP contribution in [0.3, 0.4) is 0 Å². The zero-order valence-electron chi connectivity index (χ0n) is 12.2. The Labute approximate surface area is 121 Å². The Hall–Kier alpha value is -1.87. The van der Waals surface area contributed by atoms with Crippen molar-refractivity contribution in [2.75, 3.05) is 13.7 Å². The third-order valence-electron chi connectivity index (χ3n) is 3.34. The average molecular weight is 270 g/mol. The average Bonchev–Trinajstić information content (AvgIpc) is 2.52. The van der Waals surface area contributed by atoms with Crippen molar-refractivity contribution in [3.8, 4) is 5.75 Å². The first-order chi connectivity index (χ1) is 9.85. The van der Waals surface area contributed by atoms with Crippen LogP contribution in [0.25, 0.3) is 0 Å². The summed E-state index contributed by atoms with van der Waals surface area (Å²) in [4.78, 5) is 4.08. The van der Waals surface area contributed by atoms with E-state index in [1.807, 2.05) is 24.5 Å². The van der Waals surface area contributed by atoms with Crippen LogP contribution in [0.1, 0.15) is 30.5 Å². The molecule has 0 aliphatic heterocycles. The number of benzene rings is 1. The van der Waals surface area contributed by atoms with Crippen LogP contribution in [0.4, 0.5) is 0 Å². The standard InChI is InChI=1S/C17H22N2O/c1-3-10-19-16(13-14-8-11-18-12-9-14)15-6-4-5-7-17(15)20-2/h4-9,11-12,16,19H,3,10,13H2,1-2H3. The Morgan fingerprint density at radius 3 is 2.60 bits per heavy atom. The van der Waals surface area contributed by atoms with Gasteiger partial charge in [-0.25, -0.2) is 0 Å². The fourth-order valence-corrected chi connectivity index (χ4v) is 2.32. The van der Waals surface area contributed by atoms with Crippen LogP contribution in [-0.4, -0.2) is 18.6 Å². The van der Waals surface area contributed by atoms with Crippen molar-refractivity contribution in [2.24, 2.45) is 0 Å². The van der Waals surface area contributed by atoms with Gasteiger partial charge in [0.1, 0.15) is 5.75 Å². The Morgan fingerprint density at radius 2 is 1.90 bits per heavy atom. The molecule has 0 radical (unpaired) electrons. The molecule has 0 spiro atoms. The topological polar surface area (TPSA) is 34.2 Å². The van der Waals surface area contributed by atoms with Gasteiger partial charge < -0.3 is 10.1 Å². The SMILES string of the molecule is CCCNC(Cc1ccncc1)c1ccccc1OC. The monoisotopic (exact) mass is 270 g/mol. The number of methoxy groups -OCH3 is 1. The number of ether oxygens (including phenoxy) is 1. The number of rotatable bonds is 7. The first-order valence-corrected chi connectivity index (χ1v) is 7.10. The summed E-state index contributed by atoms with van der Waals surface area (Å²) in [7, 11) is 1.72. The minimum absolute atomic E-state index is 0.258. The maximum Gasteiger partial charge on any atom is 0.123 e. The molecule has 106 valence electrons. The van der Waals surface area contributed by atoms with Crippen molar-refractivity contribution in [3.05, 3.63) is 59.9 Å². The molecule has 3 heteroatoms. The molecule has 0 saturated heterocycles. The predicted molar refractivity (Wildman–Crippen MR) is 82.0 cm³/mol. The number of para-hydroxylation sites is 1. The second kappa shape index (κ2) is 7.65. The fourth-order valence-electron chi connectivity index (χ4n) is 2.32. The summed E-state index contributed by atoms with van der Waals surface area (Å²) in [5.74, 6) is 0.940. The van der Waals surface area contributed by atoms with Crippen molar-refractivity contribution in [1.82, 2.24) is 10.3 Å². The molecule has 2 rings (SSSR count). The highest BCUT2D eigenvalue weighted by atomic mass is 16.5. The molecular weight excluding hydrogens is 248 g/mol. The molecule has 1 heterocycles. The van der Waals surface area contributed by atoms with Crippen LogP contribution >= 0.6 is 0 Å². The van der Waals surface area contributed by atoms with Crippen LogP contribution in [0.2, 0.25) is 0 Å². The van der Waals surface area contributed by atoms with E-state index < -0.39 is 0 Å². The maximum atomic E-state index is 5.49. The fraction of sp³-hybridized carbons (Fsp3) is 0.353. The van der Waals surface area contributed by atoms with Crippen LogP contribution in [-0.2, 0) is 6.42 Å². The van der Waals surface area contributed by atoms with Crippen molar-refractivity contribution < 1.29 is 4.74 Å².